The predicted molar refractivity (Wildman–Crippen MR) is 88.2 cm³/mol. The van der Waals surface area contributed by atoms with E-state index in [9.17, 15) is 8.42 Å². The van der Waals surface area contributed by atoms with Gasteiger partial charge in [-0.25, -0.2) is 13.4 Å². The summed E-state index contributed by atoms with van der Waals surface area (Å²) in [5.74, 6) is 0.509. The largest absolute Gasteiger partial charge is 0.429 e. The van der Waals surface area contributed by atoms with Crippen LogP contribution in [0.5, 0.6) is 0 Å². The number of benzene rings is 2. The van der Waals surface area contributed by atoms with Gasteiger partial charge in [0.25, 0.3) is 0 Å². The van der Waals surface area contributed by atoms with Crippen molar-refractivity contribution < 1.29 is 12.8 Å². The van der Waals surface area contributed by atoms with Gasteiger partial charge in [0.1, 0.15) is 5.69 Å². The molecule has 0 aliphatic rings. The van der Waals surface area contributed by atoms with Gasteiger partial charge in [-0.2, -0.15) is 0 Å². The topological polar surface area (TPSA) is 60.2 Å². The molecule has 0 amide bonds. The van der Waals surface area contributed by atoms with Crippen LogP contribution in [0.2, 0.25) is 0 Å². The molecule has 112 valence electrons. The highest BCUT2D eigenvalue weighted by Crippen LogP contribution is 2.32. The van der Waals surface area contributed by atoms with Crippen LogP contribution in [-0.4, -0.2) is 19.7 Å². The molecule has 1 aromatic heterocycles. The van der Waals surface area contributed by atoms with Crippen LogP contribution < -0.4 is 0 Å². The van der Waals surface area contributed by atoms with Gasteiger partial charge in [0.15, 0.2) is 14.5 Å². The van der Waals surface area contributed by atoms with Crippen LogP contribution in [0, 0.1) is 0 Å². The van der Waals surface area contributed by atoms with E-state index in [2.05, 4.69) is 20.9 Å². The molecule has 0 saturated carbocycles. The van der Waals surface area contributed by atoms with Crippen molar-refractivity contribution in [2.75, 3.05) is 6.26 Å². The monoisotopic (exact) mass is 377 g/mol. The molecule has 0 bridgehead atoms. The van der Waals surface area contributed by atoms with Gasteiger partial charge in [-0.05, 0) is 40.2 Å². The average molecular weight is 378 g/mol. The third-order valence-corrected chi connectivity index (χ3v) is 4.83. The lowest BCUT2D eigenvalue weighted by Gasteiger charge is -2.00. The number of nitrogens with zero attached hydrogens (tertiary/aromatic N) is 1. The van der Waals surface area contributed by atoms with Crippen molar-refractivity contribution in [2.24, 2.45) is 0 Å². The maximum absolute atomic E-state index is 11.5. The molecule has 4 nitrogen and oxygen atoms in total. The summed E-state index contributed by atoms with van der Waals surface area (Å²) in [4.78, 5) is 4.76. The van der Waals surface area contributed by atoms with Crippen molar-refractivity contribution in [3.63, 3.8) is 0 Å². The third-order valence-electron chi connectivity index (χ3n) is 3.16. The quantitative estimate of drug-likeness (QED) is 0.686. The molecule has 6 heteroatoms. The minimum atomic E-state index is -3.21. The number of hydrogen-bond acceptors (Lipinski definition) is 4. The van der Waals surface area contributed by atoms with Crippen LogP contribution in [0.4, 0.5) is 0 Å². The Hall–Kier alpha value is -1.92. The molecule has 0 N–H and O–H groups in total. The zero-order chi connectivity index (χ0) is 15.7. The molecule has 3 aromatic rings. The summed E-state index contributed by atoms with van der Waals surface area (Å²) >= 11 is 3.36. The van der Waals surface area contributed by atoms with Gasteiger partial charge >= 0.3 is 0 Å². The Bertz CT molecular complexity index is 900. The highest BCUT2D eigenvalue weighted by Gasteiger charge is 2.15. The van der Waals surface area contributed by atoms with Gasteiger partial charge in [-0.3, -0.25) is 0 Å². The number of rotatable bonds is 3. The van der Waals surface area contributed by atoms with E-state index >= 15 is 0 Å². The highest BCUT2D eigenvalue weighted by atomic mass is 79.9. The van der Waals surface area contributed by atoms with Crippen LogP contribution in [0.25, 0.3) is 22.7 Å². The van der Waals surface area contributed by atoms with Crippen LogP contribution >= 0.6 is 15.9 Å². The number of aromatic nitrogens is 1. The van der Waals surface area contributed by atoms with E-state index in [1.54, 1.807) is 24.3 Å². The van der Waals surface area contributed by atoms with Crippen molar-refractivity contribution in [2.45, 2.75) is 4.90 Å². The minimum absolute atomic E-state index is 0.277. The van der Waals surface area contributed by atoms with E-state index < -0.39 is 9.84 Å². The molecule has 0 fully saturated rings. The lowest BCUT2D eigenvalue weighted by Crippen LogP contribution is -1.96. The average Bonchev–Trinajstić information content (AvgIpc) is 2.89. The predicted octanol–water partition coefficient (Wildman–Crippen LogP) is 4.17. The Labute approximate surface area is 136 Å². The van der Waals surface area contributed by atoms with Crippen LogP contribution in [0.15, 0.2) is 68.6 Å². The van der Waals surface area contributed by atoms with Crippen molar-refractivity contribution >= 4 is 25.8 Å². The second-order valence-electron chi connectivity index (χ2n) is 4.80. The van der Waals surface area contributed by atoms with Gasteiger partial charge in [0.05, 0.1) is 4.90 Å². The molecule has 22 heavy (non-hydrogen) atoms. The molecule has 0 unspecified atom stereocenters. The minimum Gasteiger partial charge on any atom is -0.429 e. The molecule has 0 atom stereocenters. The Morgan fingerprint density at radius 3 is 2.18 bits per heavy atom. The fraction of sp³-hybridized carbons (Fsp3) is 0.0625. The summed E-state index contributed by atoms with van der Waals surface area (Å²) in [6, 6.07) is 16.1. The van der Waals surface area contributed by atoms with E-state index in [4.69, 9.17) is 4.42 Å². The van der Waals surface area contributed by atoms with Crippen molar-refractivity contribution in [3.8, 4) is 22.7 Å². The van der Waals surface area contributed by atoms with Crippen LogP contribution in [-0.2, 0) is 9.84 Å². The van der Waals surface area contributed by atoms with Crippen molar-refractivity contribution in [1.82, 2.24) is 4.98 Å². The Morgan fingerprint density at radius 1 is 0.955 bits per heavy atom. The van der Waals surface area contributed by atoms with Crippen LogP contribution in [0.1, 0.15) is 0 Å². The fourth-order valence-corrected chi connectivity index (χ4v) is 3.15. The normalized spacial score (nSPS) is 11.5. The summed E-state index contributed by atoms with van der Waals surface area (Å²) in [5.41, 5.74) is 2.30. The lowest BCUT2D eigenvalue weighted by molar-refractivity contribution is 0.550. The second-order valence-corrected chi connectivity index (χ2v) is 7.54. The van der Waals surface area contributed by atoms with E-state index in [1.165, 1.54) is 6.26 Å². The molecular formula is C16H12BrNO3S. The summed E-state index contributed by atoms with van der Waals surface area (Å²) in [6.07, 6.45) is 1.18. The van der Waals surface area contributed by atoms with E-state index in [0.717, 1.165) is 11.1 Å². The van der Waals surface area contributed by atoms with Crippen molar-refractivity contribution in [3.05, 3.63) is 59.3 Å². The SMILES string of the molecule is CS(=O)(=O)c1ccc(-c2nc(-c3ccccc3)oc2Br)cc1. The van der Waals surface area contributed by atoms with Gasteiger partial charge in [-0.1, -0.05) is 30.3 Å². The molecule has 0 saturated heterocycles. The molecule has 2 aromatic carbocycles. The lowest BCUT2D eigenvalue weighted by atomic mass is 10.2. The highest BCUT2D eigenvalue weighted by molar-refractivity contribution is 9.10. The third kappa shape index (κ3) is 2.98. The van der Waals surface area contributed by atoms with Gasteiger partial charge in [-0.15, -0.1) is 0 Å². The number of oxazole rings is 1. The van der Waals surface area contributed by atoms with Gasteiger partial charge in [0.2, 0.25) is 5.89 Å². The molecule has 0 spiro atoms. The maximum Gasteiger partial charge on any atom is 0.228 e. The second kappa shape index (κ2) is 5.70. The summed E-state index contributed by atoms with van der Waals surface area (Å²) in [5, 5.41) is 0. The molecule has 0 radical (unpaired) electrons. The van der Waals surface area contributed by atoms with Crippen molar-refractivity contribution in [1.29, 1.82) is 0 Å². The molecule has 0 aliphatic carbocycles. The summed E-state index contributed by atoms with van der Waals surface area (Å²) < 4.78 is 29.1. The van der Waals surface area contributed by atoms with E-state index in [-0.39, 0.29) is 4.90 Å². The van der Waals surface area contributed by atoms with Gasteiger partial charge < -0.3 is 4.42 Å². The Balaban J connectivity index is 2.01. The summed E-state index contributed by atoms with van der Waals surface area (Å²) in [6.45, 7) is 0. The number of halogens is 1. The Kier molecular flexibility index (Phi) is 3.88. The first-order chi connectivity index (χ1) is 10.4. The molecular weight excluding hydrogens is 366 g/mol. The molecule has 3 rings (SSSR count). The zero-order valence-corrected chi connectivity index (χ0v) is 14.1. The standard InChI is InChI=1S/C16H12BrNO3S/c1-22(19,20)13-9-7-11(8-10-13)14-15(17)21-16(18-14)12-5-3-2-4-6-12/h2-10H,1H3. The molecule has 1 heterocycles. The fourth-order valence-electron chi connectivity index (χ4n) is 2.04. The van der Waals surface area contributed by atoms with Crippen LogP contribution in [0.3, 0.4) is 0 Å². The van der Waals surface area contributed by atoms with E-state index in [1.807, 2.05) is 30.3 Å². The zero-order valence-electron chi connectivity index (χ0n) is 11.7. The van der Waals surface area contributed by atoms with E-state index in [0.29, 0.717) is 16.3 Å². The summed E-state index contributed by atoms with van der Waals surface area (Å²) in [7, 11) is -3.21. The number of hydrogen-bond donors (Lipinski definition) is 0. The molecule has 0 aliphatic heterocycles. The number of sulfone groups is 1. The smallest absolute Gasteiger partial charge is 0.228 e. The Morgan fingerprint density at radius 2 is 1.59 bits per heavy atom. The maximum atomic E-state index is 11.5. The first-order valence-electron chi connectivity index (χ1n) is 6.47. The first-order valence-corrected chi connectivity index (χ1v) is 9.16. The van der Waals surface area contributed by atoms with Gasteiger partial charge in [0, 0.05) is 17.4 Å². The first kappa shape index (κ1) is 15.0.